The Bertz CT molecular complexity index is 379. The van der Waals surface area contributed by atoms with Crippen LogP contribution in [0, 0.1) is 12.3 Å². The van der Waals surface area contributed by atoms with E-state index in [2.05, 4.69) is 16.6 Å². The van der Waals surface area contributed by atoms with Crippen LogP contribution in [0.2, 0.25) is 0 Å². The van der Waals surface area contributed by atoms with Gasteiger partial charge in [0.05, 0.1) is 7.11 Å². The average molecular weight is 218 g/mol. The van der Waals surface area contributed by atoms with E-state index in [0.717, 1.165) is 5.75 Å². The van der Waals surface area contributed by atoms with Gasteiger partial charge in [0.25, 0.3) is 0 Å². The number of ether oxygens (including phenoxy) is 1. The minimum absolute atomic E-state index is 0.264. The summed E-state index contributed by atoms with van der Waals surface area (Å²) in [6.07, 6.45) is 5.59. The second kappa shape index (κ2) is 6.36. The SMILES string of the molecule is C#CCCNC(=O)Nc1ccc(OC)cc1. The number of benzene rings is 1. The summed E-state index contributed by atoms with van der Waals surface area (Å²) in [4.78, 5) is 11.3. The zero-order valence-electron chi connectivity index (χ0n) is 9.12. The Morgan fingerprint density at radius 3 is 2.69 bits per heavy atom. The normalized spacial score (nSPS) is 9.00. The van der Waals surface area contributed by atoms with Gasteiger partial charge in [-0.25, -0.2) is 4.79 Å². The number of terminal acetylenes is 1. The largest absolute Gasteiger partial charge is 0.497 e. The first kappa shape index (κ1) is 11.9. The van der Waals surface area contributed by atoms with Crippen molar-refractivity contribution in [3.05, 3.63) is 24.3 Å². The molecule has 0 aliphatic carbocycles. The first-order chi connectivity index (χ1) is 7.76. The maximum atomic E-state index is 11.3. The van der Waals surface area contributed by atoms with E-state index in [1.165, 1.54) is 0 Å². The summed E-state index contributed by atoms with van der Waals surface area (Å²) < 4.78 is 5.00. The van der Waals surface area contributed by atoms with Gasteiger partial charge in [0, 0.05) is 18.7 Å². The van der Waals surface area contributed by atoms with Crippen molar-refractivity contribution < 1.29 is 9.53 Å². The predicted octanol–water partition coefficient (Wildman–Crippen LogP) is 1.84. The third kappa shape index (κ3) is 3.93. The third-order valence-electron chi connectivity index (χ3n) is 1.90. The standard InChI is InChI=1S/C12H14N2O2/c1-3-4-9-13-12(15)14-10-5-7-11(16-2)8-6-10/h1,5-8H,4,9H2,2H3,(H2,13,14,15). The van der Waals surface area contributed by atoms with Gasteiger partial charge >= 0.3 is 6.03 Å². The quantitative estimate of drug-likeness (QED) is 0.598. The van der Waals surface area contributed by atoms with Gasteiger partial charge in [0.2, 0.25) is 0 Å². The van der Waals surface area contributed by atoms with Crippen molar-refractivity contribution in [2.45, 2.75) is 6.42 Å². The summed E-state index contributed by atoms with van der Waals surface area (Å²) in [5.74, 6) is 3.19. The first-order valence-corrected chi connectivity index (χ1v) is 4.88. The minimum Gasteiger partial charge on any atom is -0.497 e. The molecule has 2 N–H and O–H groups in total. The molecule has 0 aliphatic heterocycles. The predicted molar refractivity (Wildman–Crippen MR) is 63.5 cm³/mol. The Kier molecular flexibility index (Phi) is 4.74. The fraction of sp³-hybridized carbons (Fsp3) is 0.250. The van der Waals surface area contributed by atoms with Crippen LogP contribution in [0.5, 0.6) is 5.75 Å². The van der Waals surface area contributed by atoms with E-state index in [1.807, 2.05) is 0 Å². The van der Waals surface area contributed by atoms with Gasteiger partial charge in [0.1, 0.15) is 5.75 Å². The highest BCUT2D eigenvalue weighted by molar-refractivity contribution is 5.89. The fourth-order valence-electron chi connectivity index (χ4n) is 1.10. The number of hydrogen-bond donors (Lipinski definition) is 2. The van der Waals surface area contributed by atoms with E-state index in [1.54, 1.807) is 31.4 Å². The van der Waals surface area contributed by atoms with Crippen LogP contribution in [0.15, 0.2) is 24.3 Å². The van der Waals surface area contributed by atoms with E-state index >= 15 is 0 Å². The summed E-state index contributed by atoms with van der Waals surface area (Å²) in [5.41, 5.74) is 0.707. The van der Waals surface area contributed by atoms with Crippen molar-refractivity contribution >= 4 is 11.7 Å². The molecule has 1 aromatic rings. The van der Waals surface area contributed by atoms with E-state index in [-0.39, 0.29) is 6.03 Å². The molecular formula is C12H14N2O2. The van der Waals surface area contributed by atoms with Crippen LogP contribution in [0.4, 0.5) is 10.5 Å². The number of rotatable bonds is 4. The van der Waals surface area contributed by atoms with E-state index < -0.39 is 0 Å². The Morgan fingerprint density at radius 2 is 2.12 bits per heavy atom. The number of hydrogen-bond acceptors (Lipinski definition) is 2. The topological polar surface area (TPSA) is 50.4 Å². The summed E-state index contributed by atoms with van der Waals surface area (Å²) in [6.45, 7) is 0.471. The van der Waals surface area contributed by atoms with Gasteiger partial charge < -0.3 is 15.4 Å². The van der Waals surface area contributed by atoms with Crippen LogP contribution >= 0.6 is 0 Å². The van der Waals surface area contributed by atoms with Gasteiger partial charge in [-0.3, -0.25) is 0 Å². The first-order valence-electron chi connectivity index (χ1n) is 4.88. The molecule has 0 fully saturated rings. The van der Waals surface area contributed by atoms with Crippen molar-refractivity contribution in [1.29, 1.82) is 0 Å². The van der Waals surface area contributed by atoms with Crippen LogP contribution in [0.3, 0.4) is 0 Å². The van der Waals surface area contributed by atoms with Gasteiger partial charge in [-0.05, 0) is 24.3 Å². The lowest BCUT2D eigenvalue weighted by Crippen LogP contribution is -2.29. The second-order valence-electron chi connectivity index (χ2n) is 3.06. The summed E-state index contributed by atoms with van der Waals surface area (Å²) in [7, 11) is 1.59. The highest BCUT2D eigenvalue weighted by Gasteiger charge is 2.00. The molecule has 0 radical (unpaired) electrons. The molecule has 4 heteroatoms. The molecule has 84 valence electrons. The number of urea groups is 1. The molecule has 0 bridgehead atoms. The molecule has 1 rings (SSSR count). The second-order valence-corrected chi connectivity index (χ2v) is 3.06. The molecule has 0 spiro atoms. The molecule has 0 aromatic heterocycles. The molecule has 0 saturated carbocycles. The summed E-state index contributed by atoms with van der Waals surface area (Å²) >= 11 is 0. The number of nitrogens with one attached hydrogen (secondary N) is 2. The molecule has 1 aromatic carbocycles. The lowest BCUT2D eigenvalue weighted by molar-refractivity contribution is 0.252. The third-order valence-corrected chi connectivity index (χ3v) is 1.90. The zero-order chi connectivity index (χ0) is 11.8. The highest BCUT2D eigenvalue weighted by Crippen LogP contribution is 2.14. The molecule has 0 aliphatic rings. The van der Waals surface area contributed by atoms with Gasteiger partial charge in [0.15, 0.2) is 0 Å². The monoisotopic (exact) mass is 218 g/mol. The summed E-state index contributed by atoms with van der Waals surface area (Å²) in [5, 5.41) is 5.31. The maximum Gasteiger partial charge on any atom is 0.319 e. The molecule has 2 amide bonds. The van der Waals surface area contributed by atoms with E-state index in [4.69, 9.17) is 11.2 Å². The van der Waals surface area contributed by atoms with Crippen LogP contribution in [0.1, 0.15) is 6.42 Å². The van der Waals surface area contributed by atoms with Crippen LogP contribution in [0.25, 0.3) is 0 Å². The Balaban J connectivity index is 2.41. The molecule has 0 saturated heterocycles. The number of methoxy groups -OCH3 is 1. The van der Waals surface area contributed by atoms with Crippen LogP contribution in [-0.2, 0) is 0 Å². The van der Waals surface area contributed by atoms with Crippen molar-refractivity contribution in [1.82, 2.24) is 5.32 Å². The number of amides is 2. The van der Waals surface area contributed by atoms with Crippen LogP contribution in [-0.4, -0.2) is 19.7 Å². The number of anilines is 1. The maximum absolute atomic E-state index is 11.3. The Labute approximate surface area is 95.0 Å². The van der Waals surface area contributed by atoms with Crippen molar-refractivity contribution in [3.8, 4) is 18.1 Å². The highest BCUT2D eigenvalue weighted by atomic mass is 16.5. The average Bonchev–Trinajstić information content (AvgIpc) is 2.30. The fourth-order valence-corrected chi connectivity index (χ4v) is 1.10. The molecule has 0 heterocycles. The van der Waals surface area contributed by atoms with Crippen molar-refractivity contribution in [2.75, 3.05) is 19.0 Å². The summed E-state index contributed by atoms with van der Waals surface area (Å²) in [6, 6.07) is 6.81. The van der Waals surface area contributed by atoms with Gasteiger partial charge in [-0.1, -0.05) is 0 Å². The van der Waals surface area contributed by atoms with E-state index in [9.17, 15) is 4.79 Å². The molecule has 4 nitrogen and oxygen atoms in total. The molecular weight excluding hydrogens is 204 g/mol. The van der Waals surface area contributed by atoms with Gasteiger partial charge in [-0.15, -0.1) is 12.3 Å². The zero-order valence-corrected chi connectivity index (χ0v) is 9.12. The minimum atomic E-state index is -0.264. The van der Waals surface area contributed by atoms with Crippen LogP contribution < -0.4 is 15.4 Å². The number of carbonyl (C=O) groups excluding carboxylic acids is 1. The smallest absolute Gasteiger partial charge is 0.319 e. The van der Waals surface area contributed by atoms with Gasteiger partial charge in [-0.2, -0.15) is 0 Å². The lowest BCUT2D eigenvalue weighted by atomic mass is 10.3. The number of carbonyl (C=O) groups is 1. The van der Waals surface area contributed by atoms with E-state index in [0.29, 0.717) is 18.7 Å². The van der Waals surface area contributed by atoms with Crippen molar-refractivity contribution in [2.24, 2.45) is 0 Å². The Morgan fingerprint density at radius 1 is 1.44 bits per heavy atom. The van der Waals surface area contributed by atoms with Crippen molar-refractivity contribution in [3.63, 3.8) is 0 Å². The molecule has 16 heavy (non-hydrogen) atoms. The lowest BCUT2D eigenvalue weighted by Gasteiger charge is -2.06. The Hall–Kier alpha value is -2.15. The molecule has 0 unspecified atom stereocenters. The molecule has 0 atom stereocenters.